The molecule has 1 aromatic heterocycles. The highest BCUT2D eigenvalue weighted by molar-refractivity contribution is 9.10. The Bertz CT molecular complexity index is 574. The number of nitrogens with one attached hydrogen (secondary N) is 1. The molecule has 0 aliphatic carbocycles. The van der Waals surface area contributed by atoms with Crippen LogP contribution in [0.1, 0.15) is 34.8 Å². The van der Waals surface area contributed by atoms with Crippen molar-refractivity contribution in [3.05, 3.63) is 50.6 Å². The molecule has 1 aromatic carbocycles. The molecular weight excluding hydrogens is 331 g/mol. The Hall–Kier alpha value is -1.27. The summed E-state index contributed by atoms with van der Waals surface area (Å²) in [5.74, 6) is -0.746. The van der Waals surface area contributed by atoms with Crippen LogP contribution in [0.15, 0.2) is 34.2 Å². The van der Waals surface area contributed by atoms with Gasteiger partial charge in [0, 0.05) is 16.0 Å². The van der Waals surface area contributed by atoms with Gasteiger partial charge in [-0.3, -0.25) is 4.79 Å². The minimum absolute atomic E-state index is 0.150. The average Bonchev–Trinajstić information content (AvgIpc) is 2.92. The van der Waals surface area contributed by atoms with E-state index in [1.54, 1.807) is 6.20 Å². The fraction of sp³-hybridized carbons (Fsp3) is 0.231. The van der Waals surface area contributed by atoms with Crippen molar-refractivity contribution in [2.24, 2.45) is 0 Å². The number of carbonyl (C=O) groups is 1. The number of amides is 1. The van der Waals surface area contributed by atoms with Gasteiger partial charge >= 0.3 is 0 Å². The predicted molar refractivity (Wildman–Crippen MR) is 76.7 cm³/mol. The lowest BCUT2D eigenvalue weighted by molar-refractivity contribution is 0.0934. The summed E-state index contributed by atoms with van der Waals surface area (Å²) >= 11 is 4.74. The molecule has 0 saturated carbocycles. The highest BCUT2D eigenvalue weighted by Gasteiger charge is 2.18. The van der Waals surface area contributed by atoms with Crippen molar-refractivity contribution >= 4 is 33.2 Å². The number of nitrogens with zero attached hydrogens (tertiary/aromatic N) is 1. The van der Waals surface area contributed by atoms with Crippen LogP contribution in [0.2, 0.25) is 0 Å². The maximum Gasteiger partial charge on any atom is 0.253 e. The Morgan fingerprint density at radius 1 is 1.58 bits per heavy atom. The smallest absolute Gasteiger partial charge is 0.253 e. The summed E-state index contributed by atoms with van der Waals surface area (Å²) in [6.07, 6.45) is 2.43. The summed E-state index contributed by atoms with van der Waals surface area (Å²) in [4.78, 5) is 16.3. The third-order valence-corrected chi connectivity index (χ3v) is 4.22. The van der Waals surface area contributed by atoms with Gasteiger partial charge in [0.05, 0.1) is 11.6 Å². The Balaban J connectivity index is 2.18. The van der Waals surface area contributed by atoms with Gasteiger partial charge in [-0.1, -0.05) is 6.92 Å². The molecule has 0 aliphatic rings. The third-order valence-electron chi connectivity index (χ3n) is 2.64. The summed E-state index contributed by atoms with van der Waals surface area (Å²) in [5, 5.41) is 5.58. The predicted octanol–water partition coefficient (Wildman–Crippen LogP) is 3.93. The molecule has 19 heavy (non-hydrogen) atoms. The summed E-state index contributed by atoms with van der Waals surface area (Å²) in [7, 11) is 0. The summed E-state index contributed by atoms with van der Waals surface area (Å²) in [5.41, 5.74) is 0.287. The molecule has 1 heterocycles. The fourth-order valence-electron chi connectivity index (χ4n) is 1.65. The number of hydrogen-bond acceptors (Lipinski definition) is 3. The van der Waals surface area contributed by atoms with Gasteiger partial charge in [-0.15, -0.1) is 11.3 Å². The summed E-state index contributed by atoms with van der Waals surface area (Å²) < 4.78 is 13.8. The van der Waals surface area contributed by atoms with Crippen molar-refractivity contribution in [2.75, 3.05) is 0 Å². The first-order valence-electron chi connectivity index (χ1n) is 5.77. The van der Waals surface area contributed by atoms with E-state index in [0.29, 0.717) is 4.47 Å². The Morgan fingerprint density at radius 2 is 2.37 bits per heavy atom. The lowest BCUT2D eigenvalue weighted by atomic mass is 10.1. The molecule has 6 heteroatoms. The van der Waals surface area contributed by atoms with Crippen LogP contribution < -0.4 is 5.32 Å². The van der Waals surface area contributed by atoms with Crippen LogP contribution in [-0.2, 0) is 0 Å². The standard InChI is InChI=1S/C13H12BrFN2OS/c1-2-11(13-16-5-6-19-13)17-12(18)9-7-8(15)3-4-10(9)14/h3-7,11H,2H2,1H3,(H,17,18). The normalized spacial score (nSPS) is 12.2. The minimum atomic E-state index is -0.435. The first-order valence-corrected chi connectivity index (χ1v) is 7.44. The zero-order valence-corrected chi connectivity index (χ0v) is 12.6. The van der Waals surface area contributed by atoms with Gasteiger partial charge in [0.2, 0.25) is 0 Å². The molecule has 0 radical (unpaired) electrons. The molecule has 1 atom stereocenters. The molecule has 100 valence electrons. The van der Waals surface area contributed by atoms with E-state index in [9.17, 15) is 9.18 Å². The first-order chi connectivity index (χ1) is 9.11. The van der Waals surface area contributed by atoms with Gasteiger partial charge < -0.3 is 5.32 Å². The minimum Gasteiger partial charge on any atom is -0.343 e. The maximum atomic E-state index is 13.2. The molecule has 2 rings (SSSR count). The van der Waals surface area contributed by atoms with Gasteiger partial charge in [0.1, 0.15) is 10.8 Å². The second-order valence-electron chi connectivity index (χ2n) is 3.93. The second kappa shape index (κ2) is 6.25. The zero-order chi connectivity index (χ0) is 13.8. The topological polar surface area (TPSA) is 42.0 Å². The number of aromatic nitrogens is 1. The van der Waals surface area contributed by atoms with Crippen LogP contribution in [0.5, 0.6) is 0 Å². The maximum absolute atomic E-state index is 13.2. The van der Waals surface area contributed by atoms with E-state index in [4.69, 9.17) is 0 Å². The molecule has 1 unspecified atom stereocenters. The molecule has 3 nitrogen and oxygen atoms in total. The largest absolute Gasteiger partial charge is 0.343 e. The molecule has 1 N–H and O–H groups in total. The molecule has 0 bridgehead atoms. The van der Waals surface area contributed by atoms with Gasteiger partial charge in [-0.05, 0) is 40.5 Å². The van der Waals surface area contributed by atoms with Crippen molar-refractivity contribution < 1.29 is 9.18 Å². The van der Waals surface area contributed by atoms with E-state index in [1.807, 2.05) is 12.3 Å². The first kappa shape index (κ1) is 14.1. The molecule has 1 amide bonds. The second-order valence-corrected chi connectivity index (χ2v) is 5.71. The molecule has 0 spiro atoms. The van der Waals surface area contributed by atoms with E-state index >= 15 is 0 Å². The van der Waals surface area contributed by atoms with Crippen molar-refractivity contribution in [1.29, 1.82) is 0 Å². The number of thiazole rings is 1. The number of benzene rings is 1. The van der Waals surface area contributed by atoms with Crippen LogP contribution in [0.25, 0.3) is 0 Å². The molecule has 2 aromatic rings. The fourth-order valence-corrected chi connectivity index (χ4v) is 2.85. The van der Waals surface area contributed by atoms with Gasteiger partial charge in [-0.2, -0.15) is 0 Å². The number of hydrogen-bond donors (Lipinski definition) is 1. The molecule has 0 fully saturated rings. The third kappa shape index (κ3) is 3.39. The van der Waals surface area contributed by atoms with Gasteiger partial charge in [-0.25, -0.2) is 9.37 Å². The summed E-state index contributed by atoms with van der Waals surface area (Å²) in [6, 6.07) is 3.89. The van der Waals surface area contributed by atoms with E-state index in [1.165, 1.54) is 29.5 Å². The van der Waals surface area contributed by atoms with E-state index < -0.39 is 5.82 Å². The Morgan fingerprint density at radius 3 is 3.00 bits per heavy atom. The lowest BCUT2D eigenvalue weighted by Crippen LogP contribution is -2.28. The van der Waals surface area contributed by atoms with Crippen molar-refractivity contribution in [3.8, 4) is 0 Å². The zero-order valence-electron chi connectivity index (χ0n) is 10.2. The monoisotopic (exact) mass is 342 g/mol. The van der Waals surface area contributed by atoms with Crippen LogP contribution in [-0.4, -0.2) is 10.9 Å². The van der Waals surface area contributed by atoms with Crippen LogP contribution in [0.3, 0.4) is 0 Å². The van der Waals surface area contributed by atoms with Gasteiger partial charge in [0.15, 0.2) is 0 Å². The number of carbonyl (C=O) groups excluding carboxylic acids is 1. The van der Waals surface area contributed by atoms with E-state index in [-0.39, 0.29) is 17.5 Å². The van der Waals surface area contributed by atoms with Crippen molar-refractivity contribution in [2.45, 2.75) is 19.4 Å². The number of halogens is 2. The summed E-state index contributed by atoms with van der Waals surface area (Å²) in [6.45, 7) is 1.97. The van der Waals surface area contributed by atoms with Crippen LogP contribution in [0.4, 0.5) is 4.39 Å². The Kier molecular flexibility index (Phi) is 4.66. The highest BCUT2D eigenvalue weighted by atomic mass is 79.9. The van der Waals surface area contributed by atoms with Gasteiger partial charge in [0.25, 0.3) is 5.91 Å². The molecular formula is C13H12BrFN2OS. The lowest BCUT2D eigenvalue weighted by Gasteiger charge is -2.15. The quantitative estimate of drug-likeness (QED) is 0.914. The average molecular weight is 343 g/mol. The van der Waals surface area contributed by atoms with E-state index in [2.05, 4.69) is 26.2 Å². The molecule has 0 aliphatic heterocycles. The Labute approximate surface area is 123 Å². The van der Waals surface area contributed by atoms with Crippen molar-refractivity contribution in [1.82, 2.24) is 10.3 Å². The SMILES string of the molecule is CCC(NC(=O)c1cc(F)ccc1Br)c1nccs1. The molecule has 0 saturated heterocycles. The highest BCUT2D eigenvalue weighted by Crippen LogP contribution is 2.22. The van der Waals surface area contributed by atoms with Crippen LogP contribution in [0, 0.1) is 5.82 Å². The van der Waals surface area contributed by atoms with Crippen molar-refractivity contribution in [3.63, 3.8) is 0 Å². The number of rotatable bonds is 4. The van der Waals surface area contributed by atoms with Crippen LogP contribution >= 0.6 is 27.3 Å². The van der Waals surface area contributed by atoms with E-state index in [0.717, 1.165) is 11.4 Å².